The van der Waals surface area contributed by atoms with Crippen LogP contribution < -0.4 is 0 Å². The van der Waals surface area contributed by atoms with Gasteiger partial charge in [0, 0.05) is 16.7 Å². The number of nitrogens with one attached hydrogen (secondary N) is 1. The second kappa shape index (κ2) is 8.15. The van der Waals surface area contributed by atoms with Crippen molar-refractivity contribution < 1.29 is 9.90 Å². The Morgan fingerprint density at radius 1 is 0.857 bits per heavy atom. The predicted molar refractivity (Wildman–Crippen MR) is 113 cm³/mol. The summed E-state index contributed by atoms with van der Waals surface area (Å²) in [6, 6.07) is 26.3. The van der Waals surface area contributed by atoms with Crippen LogP contribution in [-0.2, 0) is 0 Å². The molecule has 2 N–H and O–H groups in total. The third-order valence-electron chi connectivity index (χ3n) is 4.32. The van der Waals surface area contributed by atoms with Gasteiger partial charge in [0.05, 0.1) is 17.1 Å². The number of hydrogen-bond donors (Lipinski definition) is 2. The lowest BCUT2D eigenvalue weighted by Crippen LogP contribution is -2.02. The number of thioether (sulfide) groups is 1. The van der Waals surface area contributed by atoms with Crippen LogP contribution >= 0.6 is 11.8 Å². The van der Waals surface area contributed by atoms with Crippen molar-refractivity contribution in [1.29, 1.82) is 0 Å². The van der Waals surface area contributed by atoms with Gasteiger partial charge in [-0.05, 0) is 24.3 Å². The van der Waals surface area contributed by atoms with Crippen molar-refractivity contribution in [2.24, 2.45) is 0 Å². The number of phenols is 1. The Kier molecular flexibility index (Phi) is 5.26. The third-order valence-corrected chi connectivity index (χ3v) is 5.19. The largest absolute Gasteiger partial charge is 0.508 e. The van der Waals surface area contributed by atoms with E-state index in [4.69, 9.17) is 4.98 Å². The summed E-state index contributed by atoms with van der Waals surface area (Å²) in [7, 11) is 0. The molecule has 0 bridgehead atoms. The number of aromatic hydroxyl groups is 1. The van der Waals surface area contributed by atoms with Gasteiger partial charge < -0.3 is 10.1 Å². The number of Topliss-reactive ketones (excluding diaryl/α,β-unsaturated/α-hetero) is 1. The van der Waals surface area contributed by atoms with E-state index in [1.807, 2.05) is 60.7 Å². The van der Waals surface area contributed by atoms with Gasteiger partial charge in [-0.15, -0.1) is 0 Å². The molecule has 28 heavy (non-hydrogen) atoms. The molecular weight excluding hydrogens is 368 g/mol. The van der Waals surface area contributed by atoms with E-state index in [0.29, 0.717) is 10.7 Å². The van der Waals surface area contributed by atoms with Gasteiger partial charge in [-0.3, -0.25) is 4.79 Å². The summed E-state index contributed by atoms with van der Waals surface area (Å²) < 4.78 is 0. The first-order valence-electron chi connectivity index (χ1n) is 8.86. The summed E-state index contributed by atoms with van der Waals surface area (Å²) in [6.07, 6.45) is 0. The molecule has 0 saturated heterocycles. The fourth-order valence-electron chi connectivity index (χ4n) is 2.90. The number of rotatable bonds is 6. The second-order valence-corrected chi connectivity index (χ2v) is 7.22. The number of carbonyl (C=O) groups excluding carboxylic acids is 1. The van der Waals surface area contributed by atoms with Crippen molar-refractivity contribution in [3.8, 4) is 28.3 Å². The Hall–Kier alpha value is -3.31. The third kappa shape index (κ3) is 4.00. The van der Waals surface area contributed by atoms with Crippen LogP contribution in [0.4, 0.5) is 0 Å². The van der Waals surface area contributed by atoms with E-state index in [1.165, 1.54) is 23.9 Å². The number of aromatic amines is 1. The smallest absolute Gasteiger partial charge is 0.173 e. The Labute approximate surface area is 167 Å². The van der Waals surface area contributed by atoms with E-state index < -0.39 is 0 Å². The van der Waals surface area contributed by atoms with Gasteiger partial charge in [-0.25, -0.2) is 4.98 Å². The summed E-state index contributed by atoms with van der Waals surface area (Å²) >= 11 is 1.37. The molecule has 4 rings (SSSR count). The minimum atomic E-state index is -0.0103. The molecule has 0 unspecified atom stereocenters. The van der Waals surface area contributed by atoms with Crippen LogP contribution in [0.5, 0.6) is 5.75 Å². The molecule has 0 fully saturated rings. The zero-order chi connectivity index (χ0) is 19.3. The zero-order valence-electron chi connectivity index (χ0n) is 15.0. The molecule has 0 atom stereocenters. The number of carbonyl (C=O) groups is 1. The number of H-pyrrole nitrogens is 1. The maximum Gasteiger partial charge on any atom is 0.173 e. The lowest BCUT2D eigenvalue weighted by atomic mass is 10.1. The Bertz CT molecular complexity index is 1020. The summed E-state index contributed by atoms with van der Waals surface area (Å²) in [6.45, 7) is 0. The molecule has 0 spiro atoms. The van der Waals surface area contributed by atoms with Crippen molar-refractivity contribution in [2.75, 3.05) is 5.75 Å². The number of hydrogen-bond acceptors (Lipinski definition) is 4. The number of ketones is 1. The quantitative estimate of drug-likeness (QED) is 0.343. The molecule has 4 aromatic rings. The van der Waals surface area contributed by atoms with Crippen LogP contribution in [0.3, 0.4) is 0 Å². The average molecular weight is 386 g/mol. The monoisotopic (exact) mass is 386 g/mol. The molecule has 0 aliphatic heterocycles. The van der Waals surface area contributed by atoms with Gasteiger partial charge in [0.2, 0.25) is 0 Å². The number of aromatic nitrogens is 2. The Morgan fingerprint density at radius 3 is 2.11 bits per heavy atom. The maximum absolute atomic E-state index is 12.4. The molecule has 0 aliphatic rings. The van der Waals surface area contributed by atoms with Crippen molar-refractivity contribution in [3.05, 3.63) is 90.5 Å². The molecule has 4 nitrogen and oxygen atoms in total. The molecule has 5 heteroatoms. The number of benzene rings is 3. The normalized spacial score (nSPS) is 10.7. The average Bonchev–Trinajstić information content (AvgIpc) is 3.18. The first kappa shape index (κ1) is 18.1. The minimum absolute atomic E-state index is 0.0103. The fourth-order valence-corrected chi connectivity index (χ4v) is 3.67. The number of nitrogens with zero attached hydrogens (tertiary/aromatic N) is 1. The van der Waals surface area contributed by atoms with E-state index in [9.17, 15) is 9.90 Å². The highest BCUT2D eigenvalue weighted by atomic mass is 32.2. The molecule has 0 amide bonds. The topological polar surface area (TPSA) is 66.0 Å². The van der Waals surface area contributed by atoms with Gasteiger partial charge in [-0.2, -0.15) is 0 Å². The first-order valence-corrected chi connectivity index (χ1v) is 9.85. The molecule has 1 aromatic heterocycles. The highest BCUT2D eigenvalue weighted by Crippen LogP contribution is 2.32. The van der Waals surface area contributed by atoms with Crippen LogP contribution in [0, 0.1) is 0 Å². The Balaban J connectivity index is 1.60. The zero-order valence-corrected chi connectivity index (χ0v) is 15.8. The van der Waals surface area contributed by atoms with Crippen molar-refractivity contribution in [1.82, 2.24) is 9.97 Å². The molecule has 3 aromatic carbocycles. The van der Waals surface area contributed by atoms with Gasteiger partial charge >= 0.3 is 0 Å². The lowest BCUT2D eigenvalue weighted by Gasteiger charge is -2.02. The summed E-state index contributed by atoms with van der Waals surface area (Å²) in [4.78, 5) is 20.5. The maximum atomic E-state index is 12.4. The number of phenolic OH excluding ortho intramolecular Hbond substituents is 1. The fraction of sp³-hybridized carbons (Fsp3) is 0.0435. The van der Waals surface area contributed by atoms with Gasteiger partial charge in [0.1, 0.15) is 5.75 Å². The van der Waals surface area contributed by atoms with E-state index >= 15 is 0 Å². The molecule has 138 valence electrons. The van der Waals surface area contributed by atoms with Gasteiger partial charge in [-0.1, -0.05) is 72.4 Å². The van der Waals surface area contributed by atoms with Gasteiger partial charge in [0.25, 0.3) is 0 Å². The van der Waals surface area contributed by atoms with E-state index in [-0.39, 0.29) is 17.3 Å². The van der Waals surface area contributed by atoms with E-state index in [0.717, 1.165) is 22.5 Å². The molecule has 0 saturated carbocycles. The second-order valence-electron chi connectivity index (χ2n) is 6.26. The van der Waals surface area contributed by atoms with Crippen molar-refractivity contribution >= 4 is 17.5 Å². The predicted octanol–water partition coefficient (Wildman–Crippen LogP) is 5.42. The van der Waals surface area contributed by atoms with Crippen LogP contribution in [-0.4, -0.2) is 26.6 Å². The van der Waals surface area contributed by atoms with Crippen LogP contribution in [0.2, 0.25) is 0 Å². The van der Waals surface area contributed by atoms with Gasteiger partial charge in [0.15, 0.2) is 10.9 Å². The minimum Gasteiger partial charge on any atom is -0.508 e. The van der Waals surface area contributed by atoms with E-state index in [2.05, 4.69) is 4.98 Å². The first-order chi connectivity index (χ1) is 13.7. The SMILES string of the molecule is O=C(CSc1nc(-c2ccccc2)c(-c2ccccc2)[nH]1)c1ccc(O)cc1. The Morgan fingerprint density at radius 2 is 1.46 bits per heavy atom. The number of imidazole rings is 1. The highest BCUT2D eigenvalue weighted by Gasteiger charge is 2.15. The standard InChI is InChI=1S/C23H18N2O2S/c26-19-13-11-16(12-14-19)20(27)15-28-23-24-21(17-7-3-1-4-8-17)22(25-23)18-9-5-2-6-10-18/h1-14,26H,15H2,(H,24,25). The lowest BCUT2D eigenvalue weighted by molar-refractivity contribution is 0.102. The molecule has 0 radical (unpaired) electrons. The highest BCUT2D eigenvalue weighted by molar-refractivity contribution is 7.99. The molecule has 1 heterocycles. The van der Waals surface area contributed by atoms with Crippen LogP contribution in [0.15, 0.2) is 90.1 Å². The summed E-state index contributed by atoms with van der Waals surface area (Å²) in [5.41, 5.74) is 4.45. The van der Waals surface area contributed by atoms with Crippen LogP contribution in [0.1, 0.15) is 10.4 Å². The van der Waals surface area contributed by atoms with Crippen LogP contribution in [0.25, 0.3) is 22.5 Å². The molecule has 0 aliphatic carbocycles. The molecular formula is C23H18N2O2S. The summed E-state index contributed by atoms with van der Waals surface area (Å²) in [5.74, 6) is 0.403. The van der Waals surface area contributed by atoms with Crippen molar-refractivity contribution in [2.45, 2.75) is 5.16 Å². The van der Waals surface area contributed by atoms with Crippen molar-refractivity contribution in [3.63, 3.8) is 0 Å². The summed E-state index contributed by atoms with van der Waals surface area (Å²) in [5, 5.41) is 10.1. The van der Waals surface area contributed by atoms with E-state index in [1.54, 1.807) is 12.1 Å².